The van der Waals surface area contributed by atoms with Gasteiger partial charge in [0.1, 0.15) is 12.4 Å². The lowest BCUT2D eigenvalue weighted by Gasteiger charge is -2.23. The zero-order valence-electron chi connectivity index (χ0n) is 12.9. The summed E-state index contributed by atoms with van der Waals surface area (Å²) >= 11 is 0. The first-order valence-electron chi connectivity index (χ1n) is 7.91. The van der Waals surface area contributed by atoms with Crippen LogP contribution in [-0.2, 0) is 9.53 Å². The average Bonchev–Trinajstić information content (AvgIpc) is 2.54. The fraction of sp³-hybridized carbons (Fsp3) is 0.588. The van der Waals surface area contributed by atoms with Gasteiger partial charge in [0.2, 0.25) is 5.91 Å². The van der Waals surface area contributed by atoms with Crippen molar-refractivity contribution in [3.05, 3.63) is 35.6 Å². The molecule has 2 rings (SSSR count). The number of amides is 1. The molecule has 0 bridgehead atoms. The van der Waals surface area contributed by atoms with E-state index in [4.69, 9.17) is 4.74 Å². The molecule has 1 aliphatic rings. The van der Waals surface area contributed by atoms with Crippen molar-refractivity contribution in [2.75, 3.05) is 6.61 Å². The van der Waals surface area contributed by atoms with E-state index in [-0.39, 0.29) is 24.4 Å². The minimum absolute atomic E-state index is 0.0190. The molecule has 0 radical (unpaired) electrons. The van der Waals surface area contributed by atoms with E-state index in [2.05, 4.69) is 5.32 Å². The molecular formula is C17H24FNO3. The van der Waals surface area contributed by atoms with Crippen LogP contribution in [0.3, 0.4) is 0 Å². The minimum atomic E-state index is -0.876. The smallest absolute Gasteiger partial charge is 0.246 e. The first kappa shape index (κ1) is 16.9. The number of ether oxygens (including phenoxy) is 1. The van der Waals surface area contributed by atoms with Crippen LogP contribution in [0.2, 0.25) is 0 Å². The van der Waals surface area contributed by atoms with Crippen LogP contribution >= 0.6 is 0 Å². The van der Waals surface area contributed by atoms with Gasteiger partial charge in [0.05, 0.1) is 18.2 Å². The molecule has 1 aromatic carbocycles. The van der Waals surface area contributed by atoms with Crippen LogP contribution in [0.5, 0.6) is 0 Å². The van der Waals surface area contributed by atoms with Gasteiger partial charge >= 0.3 is 0 Å². The Hall–Kier alpha value is -1.46. The molecule has 0 unspecified atom stereocenters. The van der Waals surface area contributed by atoms with Crippen LogP contribution in [0.1, 0.15) is 50.7 Å². The highest BCUT2D eigenvalue weighted by Crippen LogP contribution is 2.20. The summed E-state index contributed by atoms with van der Waals surface area (Å²) in [6.45, 7) is 1.73. The average molecular weight is 309 g/mol. The summed E-state index contributed by atoms with van der Waals surface area (Å²) < 4.78 is 18.5. The molecule has 1 amide bonds. The Morgan fingerprint density at radius 2 is 1.95 bits per heavy atom. The van der Waals surface area contributed by atoms with E-state index in [0.29, 0.717) is 5.56 Å². The Balaban J connectivity index is 1.76. The number of carbonyl (C=O) groups excluding carboxylic acids is 1. The van der Waals surface area contributed by atoms with Crippen LogP contribution in [0.4, 0.5) is 4.39 Å². The molecule has 1 aliphatic carbocycles. The summed E-state index contributed by atoms with van der Waals surface area (Å²) in [4.78, 5) is 11.9. The Bertz CT molecular complexity index is 471. The van der Waals surface area contributed by atoms with Gasteiger partial charge < -0.3 is 15.2 Å². The first-order valence-corrected chi connectivity index (χ1v) is 7.91. The summed E-state index contributed by atoms with van der Waals surface area (Å²) in [6.07, 6.45) is 4.89. The third-order valence-electron chi connectivity index (χ3n) is 4.08. The van der Waals surface area contributed by atoms with E-state index in [1.165, 1.54) is 30.7 Å². The second-order valence-corrected chi connectivity index (χ2v) is 5.92. The number of halogens is 1. The van der Waals surface area contributed by atoms with Crippen LogP contribution in [-0.4, -0.2) is 29.8 Å². The molecule has 122 valence electrons. The number of aliphatic hydroxyl groups is 1. The molecule has 0 saturated heterocycles. The SMILES string of the molecule is C[C@H](NC(=O)COC1CCCCC1)[C@@H](O)c1ccc(F)cc1. The molecule has 4 nitrogen and oxygen atoms in total. The molecule has 0 aliphatic heterocycles. The van der Waals surface area contributed by atoms with Crippen molar-refractivity contribution < 1.29 is 19.0 Å². The number of hydrogen-bond donors (Lipinski definition) is 2. The Labute approximate surface area is 130 Å². The maximum Gasteiger partial charge on any atom is 0.246 e. The van der Waals surface area contributed by atoms with Crippen molar-refractivity contribution in [1.82, 2.24) is 5.32 Å². The molecule has 0 heterocycles. The molecule has 0 spiro atoms. The lowest BCUT2D eigenvalue weighted by Crippen LogP contribution is -2.39. The van der Waals surface area contributed by atoms with Gasteiger partial charge in [-0.3, -0.25) is 4.79 Å². The molecular weight excluding hydrogens is 285 g/mol. The second kappa shape index (κ2) is 8.25. The fourth-order valence-electron chi connectivity index (χ4n) is 2.75. The number of benzene rings is 1. The molecule has 22 heavy (non-hydrogen) atoms. The van der Waals surface area contributed by atoms with Gasteiger partial charge in [-0.05, 0) is 37.5 Å². The summed E-state index contributed by atoms with van der Waals surface area (Å²) in [5.74, 6) is -0.590. The number of carbonyl (C=O) groups is 1. The van der Waals surface area contributed by atoms with Crippen molar-refractivity contribution in [3.63, 3.8) is 0 Å². The van der Waals surface area contributed by atoms with Gasteiger partial charge in [0.15, 0.2) is 0 Å². The number of rotatable bonds is 6. The van der Waals surface area contributed by atoms with Crippen LogP contribution in [0.15, 0.2) is 24.3 Å². The summed E-state index contributed by atoms with van der Waals surface area (Å²) in [5, 5.41) is 12.9. The van der Waals surface area contributed by atoms with E-state index in [9.17, 15) is 14.3 Å². The topological polar surface area (TPSA) is 58.6 Å². The highest BCUT2D eigenvalue weighted by Gasteiger charge is 2.20. The monoisotopic (exact) mass is 309 g/mol. The Morgan fingerprint density at radius 3 is 2.59 bits per heavy atom. The first-order chi connectivity index (χ1) is 10.6. The van der Waals surface area contributed by atoms with Crippen LogP contribution in [0.25, 0.3) is 0 Å². The van der Waals surface area contributed by atoms with Gasteiger partial charge in [0, 0.05) is 0 Å². The Kier molecular flexibility index (Phi) is 6.34. The quantitative estimate of drug-likeness (QED) is 0.849. The molecule has 0 aromatic heterocycles. The Morgan fingerprint density at radius 1 is 1.32 bits per heavy atom. The highest BCUT2D eigenvalue weighted by molar-refractivity contribution is 5.77. The number of hydrogen-bond acceptors (Lipinski definition) is 3. The second-order valence-electron chi connectivity index (χ2n) is 5.92. The zero-order chi connectivity index (χ0) is 15.9. The molecule has 1 aromatic rings. The minimum Gasteiger partial charge on any atom is -0.386 e. The predicted octanol–water partition coefficient (Wildman–Crippen LogP) is 2.71. The van der Waals surface area contributed by atoms with E-state index in [0.717, 1.165) is 25.7 Å². The van der Waals surface area contributed by atoms with Crippen molar-refractivity contribution in [2.45, 2.75) is 57.3 Å². The largest absolute Gasteiger partial charge is 0.386 e. The van der Waals surface area contributed by atoms with Crippen molar-refractivity contribution in [2.24, 2.45) is 0 Å². The van der Waals surface area contributed by atoms with Gasteiger partial charge in [-0.2, -0.15) is 0 Å². The number of nitrogens with one attached hydrogen (secondary N) is 1. The maximum absolute atomic E-state index is 12.9. The van der Waals surface area contributed by atoms with E-state index < -0.39 is 12.1 Å². The van der Waals surface area contributed by atoms with Crippen molar-refractivity contribution in [1.29, 1.82) is 0 Å². The van der Waals surface area contributed by atoms with Gasteiger partial charge in [-0.1, -0.05) is 31.4 Å². The molecule has 2 atom stereocenters. The number of aliphatic hydroxyl groups excluding tert-OH is 1. The standard InChI is InChI=1S/C17H24FNO3/c1-12(17(21)13-7-9-14(18)10-8-13)19-16(20)11-22-15-5-3-2-4-6-15/h7-10,12,15,17,21H,2-6,11H2,1H3,(H,19,20)/t12-,17+/m0/s1. The van der Waals surface area contributed by atoms with Gasteiger partial charge in [0.25, 0.3) is 0 Å². The van der Waals surface area contributed by atoms with Crippen LogP contribution in [0, 0.1) is 5.82 Å². The van der Waals surface area contributed by atoms with Crippen molar-refractivity contribution in [3.8, 4) is 0 Å². The summed E-state index contributed by atoms with van der Waals surface area (Å²) in [5.41, 5.74) is 0.572. The van der Waals surface area contributed by atoms with Crippen molar-refractivity contribution >= 4 is 5.91 Å². The van der Waals surface area contributed by atoms with Gasteiger partial charge in [-0.15, -0.1) is 0 Å². The molecule has 1 saturated carbocycles. The predicted molar refractivity (Wildman–Crippen MR) is 81.8 cm³/mol. The van der Waals surface area contributed by atoms with Crippen LogP contribution < -0.4 is 5.32 Å². The maximum atomic E-state index is 12.9. The highest BCUT2D eigenvalue weighted by atomic mass is 19.1. The zero-order valence-corrected chi connectivity index (χ0v) is 12.9. The lowest BCUT2D eigenvalue weighted by atomic mass is 9.98. The van der Waals surface area contributed by atoms with Gasteiger partial charge in [-0.25, -0.2) is 4.39 Å². The summed E-state index contributed by atoms with van der Waals surface area (Å²) in [6, 6.07) is 5.15. The third kappa shape index (κ3) is 5.07. The third-order valence-corrected chi connectivity index (χ3v) is 4.08. The van der Waals surface area contributed by atoms with E-state index in [1.807, 2.05) is 0 Å². The van der Waals surface area contributed by atoms with E-state index in [1.54, 1.807) is 6.92 Å². The summed E-state index contributed by atoms with van der Waals surface area (Å²) in [7, 11) is 0. The fourth-order valence-corrected chi connectivity index (χ4v) is 2.75. The molecule has 2 N–H and O–H groups in total. The molecule has 1 fully saturated rings. The lowest BCUT2D eigenvalue weighted by molar-refractivity contribution is -0.129. The van der Waals surface area contributed by atoms with E-state index >= 15 is 0 Å². The molecule has 5 heteroatoms. The normalized spacial score (nSPS) is 18.7.